The standard InChI is InChI=1S/C11H9F3N4O2.C5H2BrF3N2/c1-6(19)8-5-18(17-9(8)20-2)7-3-15-10(16-4-7)11(12,13)14;6-3-1-10-4(11-2-3)5(7,8)9/h3-5H,1-2H3;1-2H. The quantitative estimate of drug-likeness (QED) is 0.384. The van der Waals surface area contributed by atoms with E-state index >= 15 is 0 Å². The predicted molar refractivity (Wildman–Crippen MR) is 95.4 cm³/mol. The molecule has 0 unspecified atom stereocenters. The van der Waals surface area contributed by atoms with Gasteiger partial charge in [0.1, 0.15) is 5.69 Å². The number of carbonyl (C=O) groups is 1. The Bertz CT molecular complexity index is 1030. The molecule has 3 aromatic rings. The molecule has 0 saturated carbocycles. The average molecular weight is 513 g/mol. The second kappa shape index (κ2) is 9.36. The highest BCUT2D eigenvalue weighted by Crippen LogP contribution is 2.27. The molecular formula is C16H11BrF6N6O2. The van der Waals surface area contributed by atoms with E-state index in [0.29, 0.717) is 4.47 Å². The van der Waals surface area contributed by atoms with Gasteiger partial charge in [-0.05, 0) is 22.9 Å². The molecule has 0 N–H and O–H groups in total. The van der Waals surface area contributed by atoms with Crippen molar-refractivity contribution in [3.8, 4) is 11.6 Å². The zero-order chi connectivity index (χ0) is 23.4. The molecule has 3 rings (SSSR count). The fourth-order valence-corrected chi connectivity index (χ4v) is 2.13. The minimum Gasteiger partial charge on any atom is -0.479 e. The van der Waals surface area contributed by atoms with E-state index in [-0.39, 0.29) is 22.9 Å². The fourth-order valence-electron chi connectivity index (χ4n) is 1.93. The molecule has 0 saturated heterocycles. The number of methoxy groups -OCH3 is 1. The van der Waals surface area contributed by atoms with Crippen LogP contribution >= 0.6 is 15.9 Å². The molecule has 31 heavy (non-hydrogen) atoms. The van der Waals surface area contributed by atoms with Crippen LogP contribution in [0, 0.1) is 0 Å². The van der Waals surface area contributed by atoms with Crippen molar-refractivity contribution >= 4 is 21.7 Å². The summed E-state index contributed by atoms with van der Waals surface area (Å²) in [5.74, 6) is -2.56. The second-order valence-electron chi connectivity index (χ2n) is 5.54. The fraction of sp³-hybridized carbons (Fsp3) is 0.250. The molecule has 0 radical (unpaired) electrons. The molecular weight excluding hydrogens is 502 g/mol. The molecule has 0 aromatic carbocycles. The van der Waals surface area contributed by atoms with Crippen LogP contribution in [0.5, 0.6) is 5.88 Å². The zero-order valence-electron chi connectivity index (χ0n) is 15.5. The summed E-state index contributed by atoms with van der Waals surface area (Å²) in [5.41, 5.74) is 0.399. The predicted octanol–water partition coefficient (Wildman–Crippen LogP) is 4.15. The highest BCUT2D eigenvalue weighted by Gasteiger charge is 2.35. The molecule has 3 aromatic heterocycles. The summed E-state index contributed by atoms with van der Waals surface area (Å²) >= 11 is 2.92. The van der Waals surface area contributed by atoms with Gasteiger partial charge in [-0.15, -0.1) is 5.10 Å². The molecule has 0 spiro atoms. The first kappa shape index (κ1) is 24.2. The smallest absolute Gasteiger partial charge is 0.451 e. The van der Waals surface area contributed by atoms with Crippen LogP contribution in [0.2, 0.25) is 0 Å². The van der Waals surface area contributed by atoms with Crippen LogP contribution in [0.4, 0.5) is 26.3 Å². The number of Topliss-reactive ketones (excluding diaryl/α,β-unsaturated/α-hetero) is 1. The minimum atomic E-state index is -4.61. The van der Waals surface area contributed by atoms with Crippen molar-refractivity contribution in [1.82, 2.24) is 29.7 Å². The van der Waals surface area contributed by atoms with Crippen LogP contribution in [0.25, 0.3) is 5.69 Å². The maximum atomic E-state index is 12.3. The minimum absolute atomic E-state index is 0.0809. The number of hydrogen-bond acceptors (Lipinski definition) is 7. The monoisotopic (exact) mass is 512 g/mol. The number of ether oxygens (including phenoxy) is 1. The summed E-state index contributed by atoms with van der Waals surface area (Å²) in [6, 6.07) is 0. The van der Waals surface area contributed by atoms with Crippen molar-refractivity contribution in [2.24, 2.45) is 0 Å². The maximum absolute atomic E-state index is 12.3. The van der Waals surface area contributed by atoms with Crippen molar-refractivity contribution in [2.45, 2.75) is 19.3 Å². The first-order valence-corrected chi connectivity index (χ1v) is 8.71. The molecule has 15 heteroatoms. The van der Waals surface area contributed by atoms with E-state index in [1.807, 2.05) is 0 Å². The number of nitrogens with zero attached hydrogens (tertiary/aromatic N) is 6. The highest BCUT2D eigenvalue weighted by molar-refractivity contribution is 9.10. The van der Waals surface area contributed by atoms with Crippen molar-refractivity contribution < 1.29 is 35.9 Å². The average Bonchev–Trinajstić information content (AvgIpc) is 3.12. The van der Waals surface area contributed by atoms with Gasteiger partial charge in [0.15, 0.2) is 5.78 Å². The summed E-state index contributed by atoms with van der Waals surface area (Å²) < 4.78 is 78.9. The summed E-state index contributed by atoms with van der Waals surface area (Å²) in [6.07, 6.45) is -3.69. The molecule has 3 heterocycles. The number of alkyl halides is 6. The van der Waals surface area contributed by atoms with Crippen molar-refractivity contribution in [2.75, 3.05) is 7.11 Å². The molecule has 166 valence electrons. The molecule has 0 amide bonds. The number of halogens is 7. The Hall–Kier alpha value is -3.10. The van der Waals surface area contributed by atoms with Gasteiger partial charge >= 0.3 is 12.4 Å². The van der Waals surface area contributed by atoms with Gasteiger partial charge in [-0.3, -0.25) is 4.79 Å². The molecule has 0 aliphatic carbocycles. The third-order valence-electron chi connectivity index (χ3n) is 3.28. The lowest BCUT2D eigenvalue weighted by Gasteiger charge is -2.05. The van der Waals surface area contributed by atoms with Gasteiger partial charge in [-0.2, -0.15) is 26.3 Å². The molecule has 0 aliphatic rings. The Labute approximate surface area is 178 Å². The van der Waals surface area contributed by atoms with Gasteiger partial charge in [0.2, 0.25) is 17.5 Å². The summed E-state index contributed by atoms with van der Waals surface area (Å²) in [4.78, 5) is 23.9. The van der Waals surface area contributed by atoms with E-state index < -0.39 is 24.0 Å². The van der Waals surface area contributed by atoms with Gasteiger partial charge in [0.25, 0.3) is 0 Å². The van der Waals surface area contributed by atoms with Crippen molar-refractivity contribution in [3.05, 3.63) is 52.7 Å². The largest absolute Gasteiger partial charge is 0.479 e. The van der Waals surface area contributed by atoms with E-state index in [1.54, 1.807) is 0 Å². The Morgan fingerprint density at radius 3 is 1.74 bits per heavy atom. The van der Waals surface area contributed by atoms with Gasteiger partial charge in [-0.1, -0.05) is 0 Å². The second-order valence-corrected chi connectivity index (χ2v) is 6.45. The van der Waals surface area contributed by atoms with E-state index in [4.69, 9.17) is 4.74 Å². The van der Waals surface area contributed by atoms with Crippen LogP contribution in [-0.2, 0) is 12.4 Å². The Kier molecular flexibility index (Phi) is 7.30. The number of ketones is 1. The van der Waals surface area contributed by atoms with E-state index in [2.05, 4.69) is 41.0 Å². The van der Waals surface area contributed by atoms with Crippen molar-refractivity contribution in [3.63, 3.8) is 0 Å². The van der Waals surface area contributed by atoms with E-state index in [0.717, 1.165) is 24.8 Å². The number of aromatic nitrogens is 6. The lowest BCUT2D eigenvalue weighted by Crippen LogP contribution is -2.11. The molecule has 0 atom stereocenters. The SMILES string of the molecule is COc1nn(-c2cnc(C(F)(F)F)nc2)cc1C(C)=O.FC(F)(F)c1ncc(Br)cn1. The Morgan fingerprint density at radius 1 is 0.935 bits per heavy atom. The number of hydrogen-bond donors (Lipinski definition) is 0. The van der Waals surface area contributed by atoms with Crippen LogP contribution in [-0.4, -0.2) is 42.6 Å². The first-order chi connectivity index (χ1) is 14.3. The summed E-state index contributed by atoms with van der Waals surface area (Å²) in [5, 5.41) is 3.92. The van der Waals surface area contributed by atoms with Crippen LogP contribution in [0.1, 0.15) is 28.9 Å². The lowest BCUT2D eigenvalue weighted by atomic mass is 10.2. The zero-order valence-corrected chi connectivity index (χ0v) is 17.1. The first-order valence-electron chi connectivity index (χ1n) is 7.92. The van der Waals surface area contributed by atoms with Gasteiger partial charge in [0.05, 0.1) is 29.5 Å². The molecule has 0 aliphatic heterocycles. The van der Waals surface area contributed by atoms with Gasteiger partial charge in [-0.25, -0.2) is 24.6 Å². The molecule has 0 bridgehead atoms. The van der Waals surface area contributed by atoms with Crippen LogP contribution in [0.15, 0.2) is 35.5 Å². The van der Waals surface area contributed by atoms with E-state index in [1.165, 1.54) is 24.9 Å². The summed E-state index contributed by atoms with van der Waals surface area (Å²) in [7, 11) is 1.34. The topological polar surface area (TPSA) is 95.7 Å². The van der Waals surface area contributed by atoms with Crippen LogP contribution < -0.4 is 4.74 Å². The van der Waals surface area contributed by atoms with Crippen molar-refractivity contribution in [1.29, 1.82) is 0 Å². The normalized spacial score (nSPS) is 11.5. The third-order valence-corrected chi connectivity index (χ3v) is 3.69. The number of rotatable bonds is 3. The molecule has 8 nitrogen and oxygen atoms in total. The Balaban J connectivity index is 0.000000262. The Morgan fingerprint density at radius 2 is 1.39 bits per heavy atom. The van der Waals surface area contributed by atoms with Gasteiger partial charge in [0, 0.05) is 18.6 Å². The van der Waals surface area contributed by atoms with Crippen LogP contribution in [0.3, 0.4) is 0 Å². The lowest BCUT2D eigenvalue weighted by molar-refractivity contribution is -0.145. The van der Waals surface area contributed by atoms with E-state index in [9.17, 15) is 31.1 Å². The van der Waals surface area contributed by atoms with Gasteiger partial charge < -0.3 is 4.74 Å². The maximum Gasteiger partial charge on any atom is 0.451 e. The highest BCUT2D eigenvalue weighted by atomic mass is 79.9. The third kappa shape index (κ3) is 6.44. The summed E-state index contributed by atoms with van der Waals surface area (Å²) in [6.45, 7) is 1.33. The molecule has 0 fully saturated rings. The number of carbonyl (C=O) groups excluding carboxylic acids is 1.